The summed E-state index contributed by atoms with van der Waals surface area (Å²) in [4.78, 5) is 0.362. The monoisotopic (exact) mass is 215 g/mol. The van der Waals surface area contributed by atoms with Gasteiger partial charge in [0.2, 0.25) is 0 Å². The van der Waals surface area contributed by atoms with Gasteiger partial charge in [0, 0.05) is 25.1 Å². The highest BCUT2D eigenvalue weighted by molar-refractivity contribution is 8.00. The number of thioether (sulfide) groups is 1. The lowest BCUT2D eigenvalue weighted by Gasteiger charge is -2.41. The zero-order valence-corrected chi connectivity index (χ0v) is 9.20. The Morgan fingerprint density at radius 1 is 1.00 bits per heavy atom. The highest BCUT2D eigenvalue weighted by Crippen LogP contribution is 2.46. The molecule has 0 bridgehead atoms. The Morgan fingerprint density at radius 3 is 2.29 bits per heavy atom. The predicted molar refractivity (Wildman–Crippen MR) is 56.3 cm³/mol. The van der Waals surface area contributed by atoms with E-state index in [9.17, 15) is 0 Å². The Morgan fingerprint density at radius 2 is 1.71 bits per heavy atom. The molecule has 4 heteroatoms. The van der Waals surface area contributed by atoms with Crippen molar-refractivity contribution in [2.24, 2.45) is 0 Å². The standard InChI is InChI=1S/C10H17NO2S/c1-3-10(12-6-7-13-10)4-2-9(1)11-5-8-14-9/h11H,1-8H2. The van der Waals surface area contributed by atoms with Crippen molar-refractivity contribution < 1.29 is 9.47 Å². The third-order valence-corrected chi connectivity index (χ3v) is 5.07. The fraction of sp³-hybridized carbons (Fsp3) is 1.00. The molecule has 0 aromatic heterocycles. The minimum Gasteiger partial charge on any atom is -0.348 e. The molecule has 3 rings (SSSR count). The molecule has 0 radical (unpaired) electrons. The van der Waals surface area contributed by atoms with Crippen LogP contribution in [0.4, 0.5) is 0 Å². The van der Waals surface area contributed by atoms with Crippen molar-refractivity contribution in [1.29, 1.82) is 0 Å². The van der Waals surface area contributed by atoms with E-state index in [-0.39, 0.29) is 5.79 Å². The van der Waals surface area contributed by atoms with Crippen LogP contribution in [0.25, 0.3) is 0 Å². The fourth-order valence-corrected chi connectivity index (χ4v) is 4.01. The van der Waals surface area contributed by atoms with Crippen LogP contribution in [0.5, 0.6) is 0 Å². The number of ether oxygens (including phenoxy) is 2. The van der Waals surface area contributed by atoms with Gasteiger partial charge >= 0.3 is 0 Å². The van der Waals surface area contributed by atoms with Gasteiger partial charge in [-0.1, -0.05) is 0 Å². The van der Waals surface area contributed by atoms with Crippen molar-refractivity contribution in [2.45, 2.75) is 36.3 Å². The zero-order chi connectivity index (χ0) is 9.49. The summed E-state index contributed by atoms with van der Waals surface area (Å²) >= 11 is 2.09. The molecule has 0 aromatic carbocycles. The lowest BCUT2D eigenvalue weighted by molar-refractivity contribution is -0.181. The third-order valence-electron chi connectivity index (χ3n) is 3.56. The minimum absolute atomic E-state index is 0.198. The molecule has 1 saturated carbocycles. The third kappa shape index (κ3) is 1.48. The maximum absolute atomic E-state index is 5.72. The largest absolute Gasteiger partial charge is 0.348 e. The average Bonchev–Trinajstić information content (AvgIpc) is 2.81. The number of hydrogen-bond acceptors (Lipinski definition) is 4. The van der Waals surface area contributed by atoms with Gasteiger partial charge in [-0.05, 0) is 12.8 Å². The molecule has 3 nitrogen and oxygen atoms in total. The molecule has 0 amide bonds. The van der Waals surface area contributed by atoms with E-state index in [1.165, 1.54) is 25.1 Å². The molecule has 1 aliphatic carbocycles. The van der Waals surface area contributed by atoms with Crippen LogP contribution in [0.3, 0.4) is 0 Å². The maximum Gasteiger partial charge on any atom is 0.168 e. The molecule has 0 unspecified atom stereocenters. The molecule has 80 valence electrons. The lowest BCUT2D eigenvalue weighted by atomic mass is 9.89. The summed E-state index contributed by atoms with van der Waals surface area (Å²) in [5, 5.41) is 3.63. The molecule has 0 atom stereocenters. The van der Waals surface area contributed by atoms with Crippen molar-refractivity contribution in [3.05, 3.63) is 0 Å². The summed E-state index contributed by atoms with van der Waals surface area (Å²) in [6.45, 7) is 2.74. The molecular formula is C10H17NO2S. The Balaban J connectivity index is 1.66. The smallest absolute Gasteiger partial charge is 0.168 e. The second-order valence-corrected chi connectivity index (χ2v) is 5.86. The molecule has 1 N–H and O–H groups in total. The van der Waals surface area contributed by atoms with Gasteiger partial charge in [-0.15, -0.1) is 11.8 Å². The first-order valence-electron chi connectivity index (χ1n) is 5.50. The molecule has 3 fully saturated rings. The van der Waals surface area contributed by atoms with Crippen LogP contribution in [0.1, 0.15) is 25.7 Å². The molecule has 3 aliphatic rings. The van der Waals surface area contributed by atoms with Gasteiger partial charge in [-0.25, -0.2) is 0 Å². The summed E-state index contributed by atoms with van der Waals surface area (Å²) in [6.07, 6.45) is 4.51. The number of hydrogen-bond donors (Lipinski definition) is 1. The van der Waals surface area contributed by atoms with E-state index in [0.717, 1.165) is 26.1 Å². The molecule has 2 heterocycles. The van der Waals surface area contributed by atoms with Gasteiger partial charge in [-0.2, -0.15) is 0 Å². The molecule has 0 aromatic rings. The van der Waals surface area contributed by atoms with Crippen molar-refractivity contribution in [2.75, 3.05) is 25.5 Å². The van der Waals surface area contributed by atoms with Crippen LogP contribution in [0.2, 0.25) is 0 Å². The first kappa shape index (κ1) is 9.46. The van der Waals surface area contributed by atoms with E-state index in [1.807, 2.05) is 0 Å². The van der Waals surface area contributed by atoms with Crippen LogP contribution in [0.15, 0.2) is 0 Å². The number of nitrogens with one attached hydrogen (secondary N) is 1. The normalized spacial score (nSPS) is 34.3. The first-order valence-corrected chi connectivity index (χ1v) is 6.48. The minimum atomic E-state index is -0.198. The van der Waals surface area contributed by atoms with Gasteiger partial charge in [-0.3, -0.25) is 0 Å². The van der Waals surface area contributed by atoms with E-state index in [0.29, 0.717) is 4.87 Å². The first-order chi connectivity index (χ1) is 6.83. The van der Waals surface area contributed by atoms with E-state index in [2.05, 4.69) is 17.1 Å². The summed E-state index contributed by atoms with van der Waals surface area (Å²) in [5.41, 5.74) is 0. The SMILES string of the molecule is C1CSC2(CCC3(CC2)OCCO3)N1. The topological polar surface area (TPSA) is 30.5 Å². The van der Waals surface area contributed by atoms with Crippen molar-refractivity contribution in [3.63, 3.8) is 0 Å². The van der Waals surface area contributed by atoms with Gasteiger partial charge in [0.25, 0.3) is 0 Å². The maximum atomic E-state index is 5.72. The Hall–Kier alpha value is 0.230. The molecular weight excluding hydrogens is 198 g/mol. The Labute approximate surface area is 88.9 Å². The second-order valence-electron chi connectivity index (χ2n) is 4.38. The van der Waals surface area contributed by atoms with Crippen LogP contribution in [-0.4, -0.2) is 36.2 Å². The van der Waals surface area contributed by atoms with Gasteiger partial charge < -0.3 is 14.8 Å². The van der Waals surface area contributed by atoms with E-state index in [4.69, 9.17) is 9.47 Å². The molecule has 14 heavy (non-hydrogen) atoms. The van der Waals surface area contributed by atoms with Crippen LogP contribution < -0.4 is 5.32 Å². The van der Waals surface area contributed by atoms with E-state index in [1.54, 1.807) is 0 Å². The summed E-state index contributed by atoms with van der Waals surface area (Å²) in [7, 11) is 0. The molecule has 2 spiro atoms. The zero-order valence-electron chi connectivity index (χ0n) is 8.38. The Bertz CT molecular complexity index is 186. The second kappa shape index (κ2) is 3.37. The van der Waals surface area contributed by atoms with Crippen molar-refractivity contribution >= 4 is 11.8 Å². The Kier molecular flexibility index (Phi) is 2.28. The van der Waals surface area contributed by atoms with Crippen LogP contribution in [-0.2, 0) is 9.47 Å². The van der Waals surface area contributed by atoms with Crippen molar-refractivity contribution in [3.8, 4) is 0 Å². The fourth-order valence-electron chi connectivity index (χ4n) is 2.72. The number of rotatable bonds is 0. The van der Waals surface area contributed by atoms with Crippen molar-refractivity contribution in [1.82, 2.24) is 5.32 Å². The highest BCUT2D eigenvalue weighted by Gasteiger charge is 2.47. The summed E-state index contributed by atoms with van der Waals surface area (Å²) in [5.74, 6) is 1.06. The average molecular weight is 215 g/mol. The lowest BCUT2D eigenvalue weighted by Crippen LogP contribution is -2.47. The van der Waals surface area contributed by atoms with Crippen LogP contribution >= 0.6 is 11.8 Å². The van der Waals surface area contributed by atoms with E-state index < -0.39 is 0 Å². The molecule has 2 saturated heterocycles. The highest BCUT2D eigenvalue weighted by atomic mass is 32.2. The quantitative estimate of drug-likeness (QED) is 0.660. The summed E-state index contributed by atoms with van der Waals surface area (Å²) in [6, 6.07) is 0. The van der Waals surface area contributed by atoms with Gasteiger partial charge in [0.05, 0.1) is 18.1 Å². The molecule has 2 aliphatic heterocycles. The predicted octanol–water partition coefficient (Wildman–Crippen LogP) is 1.34. The van der Waals surface area contributed by atoms with Gasteiger partial charge in [0.15, 0.2) is 5.79 Å². The van der Waals surface area contributed by atoms with Crippen LogP contribution in [0, 0.1) is 0 Å². The van der Waals surface area contributed by atoms with Gasteiger partial charge in [0.1, 0.15) is 0 Å². The summed E-state index contributed by atoms with van der Waals surface area (Å²) < 4.78 is 11.4. The van der Waals surface area contributed by atoms with E-state index >= 15 is 0 Å².